The predicted molar refractivity (Wildman–Crippen MR) is 88.9 cm³/mol. The second-order valence-electron chi connectivity index (χ2n) is 5.97. The van der Waals surface area contributed by atoms with Crippen molar-refractivity contribution in [2.24, 2.45) is 0 Å². The SMILES string of the molecule is CCCN(CC)c1ccc(CNC(C)(C)C)cc1Br. The minimum Gasteiger partial charge on any atom is -0.371 e. The number of hydrogen-bond donors (Lipinski definition) is 1. The Bertz CT molecular complexity index is 396. The van der Waals surface area contributed by atoms with E-state index in [2.05, 4.69) is 79.0 Å². The van der Waals surface area contributed by atoms with E-state index < -0.39 is 0 Å². The summed E-state index contributed by atoms with van der Waals surface area (Å²) in [5, 5.41) is 3.52. The third-order valence-electron chi connectivity index (χ3n) is 3.05. The summed E-state index contributed by atoms with van der Waals surface area (Å²) in [5.41, 5.74) is 2.77. The van der Waals surface area contributed by atoms with Gasteiger partial charge in [-0.1, -0.05) is 13.0 Å². The van der Waals surface area contributed by atoms with E-state index in [1.54, 1.807) is 0 Å². The summed E-state index contributed by atoms with van der Waals surface area (Å²) in [6.45, 7) is 14.1. The van der Waals surface area contributed by atoms with Crippen LogP contribution in [0, 0.1) is 0 Å². The fraction of sp³-hybridized carbons (Fsp3) is 0.625. The van der Waals surface area contributed by atoms with Crippen molar-refractivity contribution >= 4 is 21.6 Å². The highest BCUT2D eigenvalue weighted by molar-refractivity contribution is 9.10. The molecule has 0 aliphatic carbocycles. The molecule has 0 aliphatic rings. The molecule has 1 aromatic carbocycles. The van der Waals surface area contributed by atoms with Crippen molar-refractivity contribution in [3.8, 4) is 0 Å². The maximum atomic E-state index is 3.71. The van der Waals surface area contributed by atoms with Gasteiger partial charge in [0, 0.05) is 29.6 Å². The summed E-state index contributed by atoms with van der Waals surface area (Å²) < 4.78 is 1.19. The summed E-state index contributed by atoms with van der Waals surface area (Å²) in [7, 11) is 0. The van der Waals surface area contributed by atoms with Crippen molar-refractivity contribution in [2.75, 3.05) is 18.0 Å². The number of nitrogens with one attached hydrogen (secondary N) is 1. The van der Waals surface area contributed by atoms with Crippen molar-refractivity contribution in [1.82, 2.24) is 5.32 Å². The minimum atomic E-state index is 0.156. The summed E-state index contributed by atoms with van der Waals surface area (Å²) >= 11 is 3.71. The summed E-state index contributed by atoms with van der Waals surface area (Å²) in [6.07, 6.45) is 1.17. The lowest BCUT2D eigenvalue weighted by Gasteiger charge is -2.25. The molecule has 0 atom stereocenters. The quantitative estimate of drug-likeness (QED) is 0.823. The molecule has 1 aromatic rings. The lowest BCUT2D eigenvalue weighted by atomic mass is 10.1. The van der Waals surface area contributed by atoms with E-state index in [0.29, 0.717) is 0 Å². The van der Waals surface area contributed by atoms with Crippen LogP contribution in [0.15, 0.2) is 22.7 Å². The molecule has 0 aromatic heterocycles. The van der Waals surface area contributed by atoms with Gasteiger partial charge in [0.2, 0.25) is 0 Å². The largest absolute Gasteiger partial charge is 0.371 e. The van der Waals surface area contributed by atoms with E-state index in [1.807, 2.05) is 0 Å². The second kappa shape index (κ2) is 7.30. The highest BCUT2D eigenvalue weighted by Crippen LogP contribution is 2.27. The van der Waals surface area contributed by atoms with Crippen LogP contribution in [-0.4, -0.2) is 18.6 Å². The van der Waals surface area contributed by atoms with Crippen LogP contribution in [0.4, 0.5) is 5.69 Å². The second-order valence-corrected chi connectivity index (χ2v) is 6.82. The normalized spacial score (nSPS) is 11.7. The smallest absolute Gasteiger partial charge is 0.0510 e. The van der Waals surface area contributed by atoms with Gasteiger partial charge in [0.25, 0.3) is 0 Å². The zero-order valence-electron chi connectivity index (χ0n) is 12.9. The van der Waals surface area contributed by atoms with Crippen molar-refractivity contribution in [1.29, 1.82) is 0 Å². The van der Waals surface area contributed by atoms with Gasteiger partial charge in [0.15, 0.2) is 0 Å². The first-order chi connectivity index (χ1) is 8.87. The van der Waals surface area contributed by atoms with Crippen LogP contribution in [0.25, 0.3) is 0 Å². The minimum absolute atomic E-state index is 0.156. The molecule has 2 nitrogen and oxygen atoms in total. The first-order valence-corrected chi connectivity index (χ1v) is 7.95. The molecule has 3 heteroatoms. The third kappa shape index (κ3) is 5.53. The molecule has 19 heavy (non-hydrogen) atoms. The Kier molecular flexibility index (Phi) is 6.34. The first-order valence-electron chi connectivity index (χ1n) is 7.15. The van der Waals surface area contributed by atoms with Gasteiger partial charge in [-0.15, -0.1) is 0 Å². The Hall–Kier alpha value is -0.540. The van der Waals surface area contributed by atoms with Crippen LogP contribution in [-0.2, 0) is 6.54 Å². The zero-order chi connectivity index (χ0) is 14.5. The Morgan fingerprint density at radius 3 is 2.37 bits per heavy atom. The van der Waals surface area contributed by atoms with Gasteiger partial charge >= 0.3 is 0 Å². The standard InChI is InChI=1S/C16H27BrN2/c1-6-10-19(7-2)15-9-8-13(11-14(15)17)12-18-16(3,4)5/h8-9,11,18H,6-7,10,12H2,1-5H3. The van der Waals surface area contributed by atoms with Gasteiger partial charge in [0.1, 0.15) is 0 Å². The monoisotopic (exact) mass is 326 g/mol. The molecule has 0 aliphatic heterocycles. The Morgan fingerprint density at radius 2 is 1.89 bits per heavy atom. The molecule has 1 rings (SSSR count). The zero-order valence-corrected chi connectivity index (χ0v) is 14.5. The predicted octanol–water partition coefficient (Wildman–Crippen LogP) is 4.57. The fourth-order valence-corrected chi connectivity index (χ4v) is 2.68. The van der Waals surface area contributed by atoms with Crippen LogP contribution >= 0.6 is 15.9 Å². The molecule has 108 valence electrons. The molecule has 0 unspecified atom stereocenters. The van der Waals surface area contributed by atoms with Crippen molar-refractivity contribution in [3.63, 3.8) is 0 Å². The fourth-order valence-electron chi connectivity index (χ4n) is 2.00. The number of anilines is 1. The van der Waals surface area contributed by atoms with E-state index in [1.165, 1.54) is 22.1 Å². The first kappa shape index (κ1) is 16.5. The van der Waals surface area contributed by atoms with Crippen LogP contribution in [0.3, 0.4) is 0 Å². The number of nitrogens with zero attached hydrogens (tertiary/aromatic N) is 1. The van der Waals surface area contributed by atoms with Gasteiger partial charge in [-0.3, -0.25) is 0 Å². The van der Waals surface area contributed by atoms with Crippen molar-refractivity contribution in [3.05, 3.63) is 28.2 Å². The number of rotatable bonds is 6. The highest BCUT2D eigenvalue weighted by Gasteiger charge is 2.11. The van der Waals surface area contributed by atoms with E-state index in [4.69, 9.17) is 0 Å². The molecule has 1 N–H and O–H groups in total. The van der Waals surface area contributed by atoms with E-state index in [0.717, 1.165) is 19.6 Å². The van der Waals surface area contributed by atoms with E-state index in [-0.39, 0.29) is 5.54 Å². The average Bonchev–Trinajstić information content (AvgIpc) is 2.33. The lowest BCUT2D eigenvalue weighted by molar-refractivity contribution is 0.424. The molecule has 0 bridgehead atoms. The van der Waals surface area contributed by atoms with Crippen molar-refractivity contribution < 1.29 is 0 Å². The highest BCUT2D eigenvalue weighted by atomic mass is 79.9. The molecule has 0 radical (unpaired) electrons. The maximum Gasteiger partial charge on any atom is 0.0510 e. The molecule has 0 spiro atoms. The molecule has 0 heterocycles. The summed E-state index contributed by atoms with van der Waals surface area (Å²) in [6, 6.07) is 6.67. The Labute approximate surface area is 126 Å². The van der Waals surface area contributed by atoms with Gasteiger partial charge in [-0.25, -0.2) is 0 Å². The van der Waals surface area contributed by atoms with Gasteiger partial charge < -0.3 is 10.2 Å². The van der Waals surface area contributed by atoms with Gasteiger partial charge in [-0.2, -0.15) is 0 Å². The maximum absolute atomic E-state index is 3.71. The molecule has 0 amide bonds. The van der Waals surface area contributed by atoms with Gasteiger partial charge in [-0.05, 0) is 67.7 Å². The molecular formula is C16H27BrN2. The van der Waals surface area contributed by atoms with E-state index in [9.17, 15) is 0 Å². The molecule has 0 fully saturated rings. The number of halogens is 1. The summed E-state index contributed by atoms with van der Waals surface area (Å²) in [5.74, 6) is 0. The van der Waals surface area contributed by atoms with E-state index >= 15 is 0 Å². The molecule has 0 saturated carbocycles. The lowest BCUT2D eigenvalue weighted by Crippen LogP contribution is -2.35. The number of hydrogen-bond acceptors (Lipinski definition) is 2. The van der Waals surface area contributed by atoms with Crippen LogP contribution in [0.5, 0.6) is 0 Å². The van der Waals surface area contributed by atoms with Crippen LogP contribution < -0.4 is 10.2 Å². The topological polar surface area (TPSA) is 15.3 Å². The summed E-state index contributed by atoms with van der Waals surface area (Å²) in [4.78, 5) is 2.41. The number of benzene rings is 1. The Morgan fingerprint density at radius 1 is 1.21 bits per heavy atom. The van der Waals surface area contributed by atoms with Crippen molar-refractivity contribution in [2.45, 2.75) is 53.1 Å². The van der Waals surface area contributed by atoms with Gasteiger partial charge in [0.05, 0.1) is 5.69 Å². The Balaban J connectivity index is 2.79. The molecule has 0 saturated heterocycles. The third-order valence-corrected chi connectivity index (χ3v) is 3.69. The average molecular weight is 327 g/mol. The van der Waals surface area contributed by atoms with Crippen LogP contribution in [0.2, 0.25) is 0 Å². The molecular weight excluding hydrogens is 300 g/mol. The van der Waals surface area contributed by atoms with Crippen LogP contribution in [0.1, 0.15) is 46.6 Å².